The van der Waals surface area contributed by atoms with Gasteiger partial charge < -0.3 is 24.4 Å². The molecule has 0 radical (unpaired) electrons. The topological polar surface area (TPSA) is 77.1 Å². The molecule has 166 valence electrons. The van der Waals surface area contributed by atoms with E-state index < -0.39 is 6.10 Å². The first kappa shape index (κ1) is 22.7. The first-order valence-electron chi connectivity index (χ1n) is 10.4. The average molecular weight is 447 g/mol. The standard InChI is InChI=1S/C23H27ClN2O5/c1-4-10-25-22(27)20-14-26(17-8-6-7-9-18(17)31-20)23(28)15-12-16(24)21(30-11-5-2)19(13-15)29-3/h6-9,12-13,20H,4-5,10-11,14H2,1-3H3,(H,25,27)/t20-/m0/s1. The predicted octanol–water partition coefficient (Wildman–Crippen LogP) is 4.07. The van der Waals surface area contributed by atoms with Crippen LogP contribution in [0, 0.1) is 0 Å². The number of hydrogen-bond donors (Lipinski definition) is 1. The second kappa shape index (κ2) is 10.4. The summed E-state index contributed by atoms with van der Waals surface area (Å²) in [6, 6.07) is 10.3. The molecular weight excluding hydrogens is 420 g/mol. The van der Waals surface area contributed by atoms with E-state index in [0.29, 0.717) is 41.7 Å². The number of halogens is 1. The van der Waals surface area contributed by atoms with Gasteiger partial charge in [0.1, 0.15) is 5.75 Å². The lowest BCUT2D eigenvalue weighted by atomic mass is 10.1. The van der Waals surface area contributed by atoms with Gasteiger partial charge in [0.15, 0.2) is 17.6 Å². The molecular formula is C23H27ClN2O5. The number of hydrogen-bond acceptors (Lipinski definition) is 5. The Kier molecular flexibility index (Phi) is 7.63. The van der Waals surface area contributed by atoms with E-state index in [9.17, 15) is 9.59 Å². The largest absolute Gasteiger partial charge is 0.493 e. The van der Waals surface area contributed by atoms with Crippen LogP contribution in [-0.2, 0) is 4.79 Å². The lowest BCUT2D eigenvalue weighted by Crippen LogP contribution is -2.50. The number of methoxy groups -OCH3 is 1. The molecule has 0 fully saturated rings. The van der Waals surface area contributed by atoms with Gasteiger partial charge in [-0.2, -0.15) is 0 Å². The van der Waals surface area contributed by atoms with Crippen molar-refractivity contribution in [3.8, 4) is 17.2 Å². The van der Waals surface area contributed by atoms with Crippen LogP contribution in [0.4, 0.5) is 5.69 Å². The van der Waals surface area contributed by atoms with E-state index in [-0.39, 0.29) is 23.4 Å². The number of para-hydroxylation sites is 2. The van der Waals surface area contributed by atoms with Crippen LogP contribution < -0.4 is 24.4 Å². The van der Waals surface area contributed by atoms with Gasteiger partial charge in [-0.05, 0) is 37.1 Å². The van der Waals surface area contributed by atoms with Crippen molar-refractivity contribution >= 4 is 29.1 Å². The highest BCUT2D eigenvalue weighted by molar-refractivity contribution is 6.33. The third-order valence-electron chi connectivity index (χ3n) is 4.79. The van der Waals surface area contributed by atoms with Crippen molar-refractivity contribution in [2.45, 2.75) is 32.8 Å². The Morgan fingerprint density at radius 2 is 2.00 bits per heavy atom. The smallest absolute Gasteiger partial charge is 0.262 e. The summed E-state index contributed by atoms with van der Waals surface area (Å²) in [5.74, 6) is 0.684. The maximum absolute atomic E-state index is 13.5. The summed E-state index contributed by atoms with van der Waals surface area (Å²) in [5, 5.41) is 3.11. The Bertz CT molecular complexity index is 950. The van der Waals surface area contributed by atoms with Gasteiger partial charge in [0.05, 0.1) is 31.0 Å². The number of ether oxygens (including phenoxy) is 3. The number of nitrogens with one attached hydrogen (secondary N) is 1. The SMILES string of the molecule is CCCNC(=O)[C@@H]1CN(C(=O)c2cc(Cl)c(OCCC)c(OC)c2)c2ccccc2O1. The lowest BCUT2D eigenvalue weighted by Gasteiger charge is -2.34. The maximum atomic E-state index is 13.5. The van der Waals surface area contributed by atoms with Crippen LogP contribution in [0.2, 0.25) is 5.02 Å². The second-order valence-electron chi connectivity index (χ2n) is 7.12. The Balaban J connectivity index is 1.94. The minimum Gasteiger partial charge on any atom is -0.493 e. The highest BCUT2D eigenvalue weighted by Crippen LogP contribution is 2.39. The molecule has 0 bridgehead atoms. The van der Waals surface area contributed by atoms with Crippen LogP contribution in [0.5, 0.6) is 17.2 Å². The quantitative estimate of drug-likeness (QED) is 0.661. The van der Waals surface area contributed by atoms with Gasteiger partial charge in [-0.1, -0.05) is 37.6 Å². The number of amides is 2. The van der Waals surface area contributed by atoms with Crippen molar-refractivity contribution in [2.24, 2.45) is 0 Å². The summed E-state index contributed by atoms with van der Waals surface area (Å²) < 4.78 is 16.9. The van der Waals surface area contributed by atoms with Gasteiger partial charge in [-0.25, -0.2) is 0 Å². The van der Waals surface area contributed by atoms with E-state index >= 15 is 0 Å². The summed E-state index contributed by atoms with van der Waals surface area (Å²) in [6.07, 6.45) is 0.809. The minimum absolute atomic E-state index is 0.0828. The number of nitrogens with zero attached hydrogens (tertiary/aromatic N) is 1. The molecule has 1 aliphatic heterocycles. The molecule has 0 saturated heterocycles. The molecule has 0 aromatic heterocycles. The Labute approximate surface area is 187 Å². The van der Waals surface area contributed by atoms with E-state index in [1.54, 1.807) is 30.3 Å². The van der Waals surface area contributed by atoms with Crippen LogP contribution >= 0.6 is 11.6 Å². The molecule has 2 aromatic carbocycles. The second-order valence-corrected chi connectivity index (χ2v) is 7.53. The molecule has 8 heteroatoms. The molecule has 2 aromatic rings. The number of carbonyl (C=O) groups excluding carboxylic acids is 2. The maximum Gasteiger partial charge on any atom is 0.262 e. The van der Waals surface area contributed by atoms with E-state index in [0.717, 1.165) is 12.8 Å². The van der Waals surface area contributed by atoms with Crippen LogP contribution in [-0.4, -0.2) is 44.7 Å². The van der Waals surface area contributed by atoms with Crippen molar-refractivity contribution in [3.05, 3.63) is 47.0 Å². The van der Waals surface area contributed by atoms with Crippen molar-refractivity contribution in [3.63, 3.8) is 0 Å². The molecule has 0 saturated carbocycles. The van der Waals surface area contributed by atoms with Crippen LogP contribution in [0.15, 0.2) is 36.4 Å². The molecule has 0 unspecified atom stereocenters. The van der Waals surface area contributed by atoms with Crippen LogP contribution in [0.1, 0.15) is 37.0 Å². The molecule has 31 heavy (non-hydrogen) atoms. The van der Waals surface area contributed by atoms with Crippen molar-refractivity contribution < 1.29 is 23.8 Å². The zero-order chi connectivity index (χ0) is 22.4. The molecule has 1 atom stereocenters. The molecule has 0 aliphatic carbocycles. The van der Waals surface area contributed by atoms with Crippen LogP contribution in [0.25, 0.3) is 0 Å². The van der Waals surface area contributed by atoms with Crippen LogP contribution in [0.3, 0.4) is 0 Å². The van der Waals surface area contributed by atoms with Gasteiger partial charge in [-0.3, -0.25) is 9.59 Å². The van der Waals surface area contributed by atoms with E-state index in [4.69, 9.17) is 25.8 Å². The Hall–Kier alpha value is -2.93. The molecule has 7 nitrogen and oxygen atoms in total. The molecule has 0 spiro atoms. The van der Waals surface area contributed by atoms with Gasteiger partial charge in [-0.15, -0.1) is 0 Å². The molecule has 1 N–H and O–H groups in total. The number of anilines is 1. The highest BCUT2D eigenvalue weighted by Gasteiger charge is 2.34. The molecule has 1 aliphatic rings. The third-order valence-corrected chi connectivity index (χ3v) is 5.07. The summed E-state index contributed by atoms with van der Waals surface area (Å²) in [7, 11) is 1.50. The fourth-order valence-corrected chi connectivity index (χ4v) is 3.53. The number of benzene rings is 2. The summed E-state index contributed by atoms with van der Waals surface area (Å²) in [6.45, 7) is 5.06. The molecule has 1 heterocycles. The van der Waals surface area contributed by atoms with E-state index in [1.807, 2.05) is 19.9 Å². The van der Waals surface area contributed by atoms with E-state index in [1.165, 1.54) is 12.0 Å². The average Bonchev–Trinajstić information content (AvgIpc) is 2.79. The van der Waals surface area contributed by atoms with Gasteiger partial charge >= 0.3 is 0 Å². The third kappa shape index (κ3) is 5.05. The fraction of sp³-hybridized carbons (Fsp3) is 0.391. The minimum atomic E-state index is -0.810. The number of rotatable bonds is 8. The lowest BCUT2D eigenvalue weighted by molar-refractivity contribution is -0.127. The summed E-state index contributed by atoms with van der Waals surface area (Å²) in [4.78, 5) is 27.5. The summed E-state index contributed by atoms with van der Waals surface area (Å²) in [5.41, 5.74) is 0.920. The van der Waals surface area contributed by atoms with Crippen molar-refractivity contribution in [1.29, 1.82) is 0 Å². The highest BCUT2D eigenvalue weighted by atomic mass is 35.5. The molecule has 2 amide bonds. The van der Waals surface area contributed by atoms with Gasteiger partial charge in [0.25, 0.3) is 11.8 Å². The summed E-state index contributed by atoms with van der Waals surface area (Å²) >= 11 is 6.40. The molecule has 3 rings (SSSR count). The van der Waals surface area contributed by atoms with Gasteiger partial charge in [0, 0.05) is 12.1 Å². The monoisotopic (exact) mass is 446 g/mol. The number of carbonyl (C=O) groups is 2. The zero-order valence-electron chi connectivity index (χ0n) is 17.9. The normalized spacial score (nSPS) is 15.0. The Morgan fingerprint density at radius 3 is 2.71 bits per heavy atom. The first-order chi connectivity index (χ1) is 15.0. The van der Waals surface area contributed by atoms with Gasteiger partial charge in [0.2, 0.25) is 0 Å². The van der Waals surface area contributed by atoms with Crippen molar-refractivity contribution in [1.82, 2.24) is 5.32 Å². The van der Waals surface area contributed by atoms with E-state index in [2.05, 4.69) is 5.32 Å². The van der Waals surface area contributed by atoms with Crippen molar-refractivity contribution in [2.75, 3.05) is 31.7 Å². The Morgan fingerprint density at radius 1 is 1.23 bits per heavy atom. The number of fused-ring (bicyclic) bond motifs is 1. The predicted molar refractivity (Wildman–Crippen MR) is 120 cm³/mol. The zero-order valence-corrected chi connectivity index (χ0v) is 18.7. The fourth-order valence-electron chi connectivity index (χ4n) is 3.27. The first-order valence-corrected chi connectivity index (χ1v) is 10.7.